The van der Waals surface area contributed by atoms with Crippen LogP contribution in [0.2, 0.25) is 0 Å². The molecule has 0 saturated carbocycles. The molecule has 1 N–H and O–H groups in total. The molecule has 2 aliphatic rings. The van der Waals surface area contributed by atoms with Crippen molar-refractivity contribution in [1.82, 2.24) is 19.8 Å². The Balaban J connectivity index is 0.000000339. The van der Waals surface area contributed by atoms with Crippen molar-refractivity contribution in [2.45, 2.75) is 45.5 Å². The molecule has 2 aromatic heterocycles. The minimum absolute atomic E-state index is 0.0510. The summed E-state index contributed by atoms with van der Waals surface area (Å²) in [6.07, 6.45) is -0.103. The Labute approximate surface area is 180 Å². The second-order valence-corrected chi connectivity index (χ2v) is 8.59. The molecule has 1 unspecified atom stereocenters. The zero-order valence-corrected chi connectivity index (χ0v) is 17.7. The largest absolute Gasteiger partial charge is 0.490 e. The van der Waals surface area contributed by atoms with Gasteiger partial charge >= 0.3 is 18.1 Å². The van der Waals surface area contributed by atoms with Crippen LogP contribution in [-0.4, -0.2) is 62.6 Å². The number of aliphatic carboxylic acids is 1. The summed E-state index contributed by atoms with van der Waals surface area (Å²) < 4.78 is 37.5. The van der Waals surface area contributed by atoms with Gasteiger partial charge in [0.05, 0.1) is 11.2 Å². The lowest BCUT2D eigenvalue weighted by Gasteiger charge is -2.29. The number of amides is 1. The summed E-state index contributed by atoms with van der Waals surface area (Å²) in [5, 5.41) is 7.12. The molecule has 12 heteroatoms. The average molecular weight is 460 g/mol. The van der Waals surface area contributed by atoms with E-state index in [1.807, 2.05) is 16.6 Å². The van der Waals surface area contributed by atoms with E-state index in [2.05, 4.69) is 21.8 Å². The Morgan fingerprint density at radius 2 is 2.10 bits per heavy atom. The highest BCUT2D eigenvalue weighted by Gasteiger charge is 2.38. The van der Waals surface area contributed by atoms with Crippen LogP contribution in [0.3, 0.4) is 0 Å². The van der Waals surface area contributed by atoms with Gasteiger partial charge in [-0.3, -0.25) is 14.7 Å². The fourth-order valence-corrected chi connectivity index (χ4v) is 4.16. The van der Waals surface area contributed by atoms with Crippen LogP contribution in [0.1, 0.15) is 46.8 Å². The van der Waals surface area contributed by atoms with Crippen molar-refractivity contribution in [1.29, 1.82) is 0 Å². The van der Waals surface area contributed by atoms with E-state index in [1.54, 1.807) is 11.3 Å². The van der Waals surface area contributed by atoms with Crippen LogP contribution < -0.4 is 0 Å². The van der Waals surface area contributed by atoms with Crippen molar-refractivity contribution in [3.8, 4) is 0 Å². The lowest BCUT2D eigenvalue weighted by molar-refractivity contribution is -0.192. The van der Waals surface area contributed by atoms with E-state index in [1.165, 1.54) is 11.3 Å². The second-order valence-electron chi connectivity index (χ2n) is 7.62. The Hall–Kier alpha value is -2.47. The number of carboxylic acids is 1. The number of thiazole rings is 1. The number of carbonyl (C=O) groups excluding carboxylic acids is 1. The molecule has 1 amide bonds. The molecule has 4 rings (SSSR count). The van der Waals surface area contributed by atoms with Crippen molar-refractivity contribution in [3.05, 3.63) is 33.9 Å². The van der Waals surface area contributed by atoms with Crippen LogP contribution in [0, 0.1) is 5.92 Å². The van der Waals surface area contributed by atoms with Crippen LogP contribution in [0.15, 0.2) is 16.1 Å². The molecule has 4 heterocycles. The minimum Gasteiger partial charge on any atom is -0.475 e. The monoisotopic (exact) mass is 460 g/mol. The van der Waals surface area contributed by atoms with Gasteiger partial charge in [-0.05, 0) is 18.8 Å². The maximum absolute atomic E-state index is 12.7. The predicted octanol–water partition coefficient (Wildman–Crippen LogP) is 3.19. The van der Waals surface area contributed by atoms with E-state index < -0.39 is 12.1 Å². The topological polar surface area (TPSA) is 99.8 Å². The molecule has 0 bridgehead atoms. The number of rotatable bonds is 3. The second kappa shape index (κ2) is 9.77. The summed E-state index contributed by atoms with van der Waals surface area (Å²) in [6.45, 7) is 6.35. The number of hydrogen-bond acceptors (Lipinski definition) is 7. The van der Waals surface area contributed by atoms with Crippen molar-refractivity contribution in [3.63, 3.8) is 0 Å². The Morgan fingerprint density at radius 3 is 2.71 bits per heavy atom. The normalized spacial score (nSPS) is 19.4. The summed E-state index contributed by atoms with van der Waals surface area (Å²) >= 11 is 1.67. The van der Waals surface area contributed by atoms with Gasteiger partial charge < -0.3 is 14.4 Å². The van der Waals surface area contributed by atoms with Gasteiger partial charge in [0.15, 0.2) is 0 Å². The van der Waals surface area contributed by atoms with Crippen molar-refractivity contribution < 1.29 is 32.3 Å². The molecular formula is C19H23F3N4O4S. The smallest absolute Gasteiger partial charge is 0.475 e. The molecular weight excluding hydrogens is 437 g/mol. The zero-order valence-electron chi connectivity index (χ0n) is 16.9. The number of piperidine rings is 1. The Kier molecular flexibility index (Phi) is 7.31. The Morgan fingerprint density at radius 1 is 1.35 bits per heavy atom. The number of likely N-dealkylation sites (tertiary alicyclic amines) is 1. The fraction of sp³-hybridized carbons (Fsp3) is 0.579. The highest BCUT2D eigenvalue weighted by molar-refractivity contribution is 7.09. The standard InChI is InChI=1S/C17H22N4O2S.C2HF3O2/c1-12-3-2-5-21(8-12)17(22)16-19-14-10-20(6-4-15(14)23-16)9-13-7-18-11-24-13;3-2(4,5)1(6)7/h7,11-12H,2-6,8-10H2,1H3;(H,6,7). The number of carboxylic acid groups (broad SMARTS) is 1. The highest BCUT2D eigenvalue weighted by atomic mass is 32.1. The number of halogens is 3. The number of carbonyl (C=O) groups is 2. The van der Waals surface area contributed by atoms with E-state index in [4.69, 9.17) is 14.3 Å². The molecule has 0 radical (unpaired) electrons. The maximum atomic E-state index is 12.7. The predicted molar refractivity (Wildman–Crippen MR) is 104 cm³/mol. The van der Waals surface area contributed by atoms with E-state index in [9.17, 15) is 18.0 Å². The number of hydrogen-bond donors (Lipinski definition) is 1. The number of fused-ring (bicyclic) bond motifs is 1. The first-order valence-electron chi connectivity index (χ1n) is 9.81. The van der Waals surface area contributed by atoms with Crippen LogP contribution in [0.25, 0.3) is 0 Å². The molecule has 2 aromatic rings. The van der Waals surface area contributed by atoms with Gasteiger partial charge in [0.25, 0.3) is 5.89 Å². The lowest BCUT2D eigenvalue weighted by Crippen LogP contribution is -2.39. The van der Waals surface area contributed by atoms with Gasteiger partial charge in [0, 0.05) is 50.2 Å². The molecule has 8 nitrogen and oxygen atoms in total. The highest BCUT2D eigenvalue weighted by Crippen LogP contribution is 2.24. The SMILES string of the molecule is CC1CCCN(C(=O)c2nc3c(o2)CCN(Cc2cncs2)C3)C1.O=C(O)C(F)(F)F. The third-order valence-electron chi connectivity index (χ3n) is 5.04. The van der Waals surface area contributed by atoms with Crippen molar-refractivity contribution in [2.24, 2.45) is 5.92 Å². The molecule has 2 aliphatic heterocycles. The minimum atomic E-state index is -5.08. The van der Waals surface area contributed by atoms with E-state index in [0.29, 0.717) is 5.92 Å². The average Bonchev–Trinajstić information content (AvgIpc) is 3.36. The van der Waals surface area contributed by atoms with Gasteiger partial charge in [0.2, 0.25) is 0 Å². The van der Waals surface area contributed by atoms with Gasteiger partial charge in [0.1, 0.15) is 5.76 Å². The first kappa shape index (κ1) is 23.2. The molecule has 0 spiro atoms. The van der Waals surface area contributed by atoms with E-state index in [0.717, 1.165) is 57.0 Å². The van der Waals surface area contributed by atoms with Crippen LogP contribution in [0.4, 0.5) is 13.2 Å². The van der Waals surface area contributed by atoms with Gasteiger partial charge in [-0.1, -0.05) is 6.92 Å². The third-order valence-corrected chi connectivity index (χ3v) is 5.80. The molecule has 31 heavy (non-hydrogen) atoms. The molecule has 170 valence electrons. The fourth-order valence-electron chi connectivity index (χ4n) is 3.53. The summed E-state index contributed by atoms with van der Waals surface area (Å²) in [5.41, 5.74) is 2.77. The number of oxazole rings is 1. The van der Waals surface area contributed by atoms with Gasteiger partial charge in [-0.2, -0.15) is 13.2 Å². The molecule has 1 saturated heterocycles. The first-order chi connectivity index (χ1) is 14.6. The van der Waals surface area contributed by atoms with Crippen molar-refractivity contribution in [2.75, 3.05) is 19.6 Å². The third kappa shape index (κ3) is 6.26. The number of nitrogens with zero attached hydrogens (tertiary/aromatic N) is 4. The summed E-state index contributed by atoms with van der Waals surface area (Å²) in [7, 11) is 0. The number of alkyl halides is 3. The number of aromatic nitrogens is 2. The summed E-state index contributed by atoms with van der Waals surface area (Å²) in [6, 6.07) is 0. The van der Waals surface area contributed by atoms with E-state index in [-0.39, 0.29) is 11.8 Å². The first-order valence-corrected chi connectivity index (χ1v) is 10.7. The molecule has 1 atom stereocenters. The zero-order chi connectivity index (χ0) is 22.6. The summed E-state index contributed by atoms with van der Waals surface area (Å²) in [4.78, 5) is 35.7. The maximum Gasteiger partial charge on any atom is 0.490 e. The molecule has 0 aliphatic carbocycles. The van der Waals surface area contributed by atoms with E-state index >= 15 is 0 Å². The molecule has 0 aromatic carbocycles. The van der Waals surface area contributed by atoms with Gasteiger partial charge in [-0.15, -0.1) is 11.3 Å². The van der Waals surface area contributed by atoms with Crippen molar-refractivity contribution >= 4 is 23.2 Å². The molecule has 1 fully saturated rings. The van der Waals surface area contributed by atoms with Crippen LogP contribution in [0.5, 0.6) is 0 Å². The lowest BCUT2D eigenvalue weighted by atomic mass is 10.0. The summed E-state index contributed by atoms with van der Waals surface area (Å²) in [5.74, 6) is -1.10. The quantitative estimate of drug-likeness (QED) is 0.751. The van der Waals surface area contributed by atoms with Crippen LogP contribution >= 0.6 is 11.3 Å². The van der Waals surface area contributed by atoms with Gasteiger partial charge in [-0.25, -0.2) is 9.78 Å². The Bertz CT molecular complexity index is 901. The van der Waals surface area contributed by atoms with Crippen LogP contribution in [-0.2, 0) is 24.3 Å².